The molecule has 0 bridgehead atoms. The van der Waals surface area contributed by atoms with Crippen LogP contribution in [0.4, 0.5) is 4.39 Å². The van der Waals surface area contributed by atoms with Gasteiger partial charge in [0.25, 0.3) is 0 Å². The molecule has 0 aromatic heterocycles. The monoisotopic (exact) mass is 409 g/mol. The maximum atomic E-state index is 13.8. The van der Waals surface area contributed by atoms with Crippen LogP contribution in [0.2, 0.25) is 5.02 Å². The number of aliphatic imine (C=N–C) groups is 1. The Bertz CT molecular complexity index is 513. The fraction of sp³-hybridized carbons (Fsp3) is 0.500. The molecule has 6 heteroatoms. The lowest BCUT2D eigenvalue weighted by Gasteiger charge is -2.16. The molecule has 3 nitrogen and oxygen atoms in total. The van der Waals surface area contributed by atoms with E-state index >= 15 is 0 Å². The van der Waals surface area contributed by atoms with Crippen LogP contribution in [0.5, 0.6) is 0 Å². The lowest BCUT2D eigenvalue weighted by Crippen LogP contribution is -2.36. The average Bonchev–Trinajstić information content (AvgIpc) is 3.22. The predicted octanol–water partition coefficient (Wildman–Crippen LogP) is 3.36. The van der Waals surface area contributed by atoms with Gasteiger partial charge in [0, 0.05) is 29.6 Å². The highest BCUT2D eigenvalue weighted by Crippen LogP contribution is 2.47. The summed E-state index contributed by atoms with van der Waals surface area (Å²) in [6.07, 6.45) is 3.18. The minimum absolute atomic E-state index is 0. The molecule has 0 amide bonds. The Morgan fingerprint density at radius 3 is 2.75 bits per heavy atom. The maximum Gasteiger partial charge on any atom is 0.191 e. The summed E-state index contributed by atoms with van der Waals surface area (Å²) in [5.74, 6) is 0.381. The van der Waals surface area contributed by atoms with E-state index in [9.17, 15) is 4.39 Å². The van der Waals surface area contributed by atoms with Gasteiger partial charge in [-0.1, -0.05) is 17.7 Å². The quantitative estimate of drug-likeness (QED) is 0.472. The van der Waals surface area contributed by atoms with E-state index in [2.05, 4.69) is 4.99 Å². The van der Waals surface area contributed by atoms with Crippen molar-refractivity contribution in [2.45, 2.75) is 37.3 Å². The van der Waals surface area contributed by atoms with Gasteiger partial charge < -0.3 is 10.6 Å². The lowest BCUT2D eigenvalue weighted by atomic mass is 10.1. The number of benzene rings is 1. The van der Waals surface area contributed by atoms with E-state index in [4.69, 9.17) is 17.3 Å². The van der Waals surface area contributed by atoms with Crippen LogP contribution in [0, 0.1) is 5.82 Å². The molecule has 0 aliphatic heterocycles. The zero-order valence-electron chi connectivity index (χ0n) is 11.2. The lowest BCUT2D eigenvalue weighted by molar-refractivity contribution is 0.487. The first-order valence-corrected chi connectivity index (χ1v) is 6.95. The molecule has 0 spiro atoms. The summed E-state index contributed by atoms with van der Waals surface area (Å²) >= 11 is 6.06. The van der Waals surface area contributed by atoms with Gasteiger partial charge in [-0.2, -0.15) is 0 Å². The van der Waals surface area contributed by atoms with E-state index in [1.54, 1.807) is 12.1 Å². The van der Waals surface area contributed by atoms with Gasteiger partial charge >= 0.3 is 0 Å². The van der Waals surface area contributed by atoms with Crippen LogP contribution in [0.25, 0.3) is 0 Å². The van der Waals surface area contributed by atoms with Crippen molar-refractivity contribution >= 4 is 41.5 Å². The van der Waals surface area contributed by atoms with Crippen molar-refractivity contribution in [3.05, 3.63) is 34.6 Å². The molecule has 2 atom stereocenters. The largest absolute Gasteiger partial charge is 0.370 e. The molecular weight excluding hydrogens is 392 g/mol. The van der Waals surface area contributed by atoms with Gasteiger partial charge in [0.05, 0.1) is 6.04 Å². The highest BCUT2D eigenvalue weighted by Gasteiger charge is 2.42. The molecule has 1 aromatic carbocycles. The molecule has 2 unspecified atom stereocenters. The summed E-state index contributed by atoms with van der Waals surface area (Å²) in [7, 11) is 1.96. The molecule has 0 heterocycles. The predicted molar refractivity (Wildman–Crippen MR) is 90.4 cm³/mol. The summed E-state index contributed by atoms with van der Waals surface area (Å²) in [4.78, 5) is 6.50. The second-order valence-corrected chi connectivity index (χ2v) is 5.78. The van der Waals surface area contributed by atoms with Crippen molar-refractivity contribution in [2.75, 3.05) is 7.05 Å². The minimum atomic E-state index is -0.246. The fourth-order valence-corrected chi connectivity index (χ4v) is 2.71. The topological polar surface area (TPSA) is 41.6 Å². The molecule has 20 heavy (non-hydrogen) atoms. The normalized spacial score (nSPS) is 25.1. The van der Waals surface area contributed by atoms with Gasteiger partial charge in [-0.15, -0.1) is 24.0 Å². The van der Waals surface area contributed by atoms with Crippen LogP contribution >= 0.6 is 35.6 Å². The Morgan fingerprint density at radius 1 is 1.45 bits per heavy atom. The number of hydrogen-bond acceptors (Lipinski definition) is 1. The number of nitrogens with zero attached hydrogens (tertiary/aromatic N) is 2. The zero-order valence-corrected chi connectivity index (χ0v) is 14.3. The van der Waals surface area contributed by atoms with Crippen molar-refractivity contribution < 1.29 is 4.39 Å². The molecule has 2 aliphatic rings. The van der Waals surface area contributed by atoms with Crippen LogP contribution in [0.15, 0.2) is 23.2 Å². The Morgan fingerprint density at radius 2 is 2.15 bits per heavy atom. The molecule has 3 rings (SSSR count). The highest BCUT2D eigenvalue weighted by atomic mass is 127. The molecule has 0 saturated heterocycles. The smallest absolute Gasteiger partial charge is 0.191 e. The van der Waals surface area contributed by atoms with E-state index in [0.717, 1.165) is 6.42 Å². The van der Waals surface area contributed by atoms with Crippen LogP contribution in [0.3, 0.4) is 0 Å². The third kappa shape index (κ3) is 3.19. The fourth-order valence-electron chi connectivity index (χ4n) is 2.41. The summed E-state index contributed by atoms with van der Waals surface area (Å²) in [5, 5.41) is 0.483. The van der Waals surface area contributed by atoms with E-state index in [1.807, 2.05) is 11.9 Å². The SMILES string of the molecule is CN(C(N)=NC1CC1c1c(F)cccc1Cl)C1CC1.I. The molecule has 2 fully saturated rings. The van der Waals surface area contributed by atoms with Crippen LogP contribution in [-0.4, -0.2) is 30.0 Å². The Kier molecular flexibility index (Phi) is 4.79. The number of nitrogens with two attached hydrogens (primary N) is 1. The molecule has 1 aromatic rings. The van der Waals surface area contributed by atoms with Gasteiger partial charge in [-0.25, -0.2) is 9.38 Å². The maximum absolute atomic E-state index is 13.8. The summed E-state index contributed by atoms with van der Waals surface area (Å²) in [5.41, 5.74) is 6.55. The van der Waals surface area contributed by atoms with E-state index < -0.39 is 0 Å². The van der Waals surface area contributed by atoms with E-state index in [1.165, 1.54) is 18.9 Å². The van der Waals surface area contributed by atoms with Crippen molar-refractivity contribution in [3.8, 4) is 0 Å². The molecular formula is C14H18ClFIN3. The van der Waals surface area contributed by atoms with Gasteiger partial charge in [0.2, 0.25) is 0 Å². The Labute approximate surface area is 140 Å². The molecule has 2 saturated carbocycles. The molecule has 0 radical (unpaired) electrons. The third-order valence-corrected chi connectivity index (χ3v) is 4.21. The van der Waals surface area contributed by atoms with Crippen LogP contribution in [0.1, 0.15) is 30.7 Å². The first kappa shape index (κ1) is 15.8. The van der Waals surface area contributed by atoms with E-state index in [-0.39, 0.29) is 41.8 Å². The minimum Gasteiger partial charge on any atom is -0.370 e. The first-order valence-electron chi connectivity index (χ1n) is 6.58. The second-order valence-electron chi connectivity index (χ2n) is 5.37. The third-order valence-electron chi connectivity index (χ3n) is 3.88. The molecule has 2 N–H and O–H groups in total. The van der Waals surface area contributed by atoms with Crippen LogP contribution < -0.4 is 5.73 Å². The zero-order chi connectivity index (χ0) is 13.6. The average molecular weight is 410 g/mol. The van der Waals surface area contributed by atoms with Gasteiger partial charge in [-0.05, 0) is 31.4 Å². The van der Waals surface area contributed by atoms with Gasteiger partial charge in [0.1, 0.15) is 5.82 Å². The Balaban J connectivity index is 0.00000147. The summed E-state index contributed by atoms with van der Waals surface area (Å²) in [6, 6.07) is 5.39. The Hall–Kier alpha value is -0.560. The van der Waals surface area contributed by atoms with Gasteiger partial charge in [0.15, 0.2) is 5.96 Å². The highest BCUT2D eigenvalue weighted by molar-refractivity contribution is 14.0. The number of rotatable bonds is 3. The number of hydrogen-bond donors (Lipinski definition) is 1. The first-order chi connectivity index (χ1) is 9.08. The van der Waals surface area contributed by atoms with E-state index in [0.29, 0.717) is 22.6 Å². The van der Waals surface area contributed by atoms with Crippen molar-refractivity contribution in [1.82, 2.24) is 4.90 Å². The van der Waals surface area contributed by atoms with Crippen molar-refractivity contribution in [3.63, 3.8) is 0 Å². The molecule has 2 aliphatic carbocycles. The van der Waals surface area contributed by atoms with Crippen molar-refractivity contribution in [1.29, 1.82) is 0 Å². The van der Waals surface area contributed by atoms with Crippen molar-refractivity contribution in [2.24, 2.45) is 10.7 Å². The van der Waals surface area contributed by atoms with Crippen LogP contribution in [-0.2, 0) is 0 Å². The number of halogens is 3. The molecule has 110 valence electrons. The summed E-state index contributed by atoms with van der Waals surface area (Å²) in [6.45, 7) is 0. The second kappa shape index (κ2) is 6.05. The standard InChI is InChI=1S/C14H17ClFN3.HI/c1-19(8-5-6-8)14(17)18-12-7-9(12)13-10(15)3-2-4-11(13)16;/h2-4,8-9,12H,5-7H2,1H3,(H2,17,18);1H. The number of guanidine groups is 1. The van der Waals surface area contributed by atoms with Gasteiger partial charge in [-0.3, -0.25) is 0 Å². The summed E-state index contributed by atoms with van der Waals surface area (Å²) < 4.78 is 13.8.